The number of likely N-dealkylation sites (N-methyl/N-ethyl adjacent to an activating group) is 1. The smallest absolute Gasteiger partial charge is 0.337 e. The summed E-state index contributed by atoms with van der Waals surface area (Å²) in [7, 11) is 1.53. The molecule has 0 fully saturated rings. The second-order valence-electron chi connectivity index (χ2n) is 3.33. The summed E-state index contributed by atoms with van der Waals surface area (Å²) in [6.07, 6.45) is 0. The number of aromatic carboxylic acids is 1. The summed E-state index contributed by atoms with van der Waals surface area (Å²) in [6, 6.07) is 5.99. The van der Waals surface area contributed by atoms with Crippen LogP contribution in [-0.4, -0.2) is 30.1 Å². The summed E-state index contributed by atoms with van der Waals surface area (Å²) in [5, 5.41) is 14.3. The lowest BCUT2D eigenvalue weighted by atomic mass is 10.1. The molecule has 16 heavy (non-hydrogen) atoms. The fourth-order valence-electron chi connectivity index (χ4n) is 1.31. The Balaban J connectivity index is 2.88. The molecule has 5 heteroatoms. The fraction of sp³-hybridized carbons (Fsp3) is 0.273. The van der Waals surface area contributed by atoms with Gasteiger partial charge in [-0.2, -0.15) is 0 Å². The van der Waals surface area contributed by atoms with Crippen LogP contribution in [0, 0.1) is 0 Å². The number of para-hydroxylation sites is 1. The van der Waals surface area contributed by atoms with Gasteiger partial charge in [0, 0.05) is 12.7 Å². The first kappa shape index (κ1) is 12.0. The first-order valence-corrected chi connectivity index (χ1v) is 4.86. The number of rotatable bonds is 4. The van der Waals surface area contributed by atoms with Crippen molar-refractivity contribution in [3.05, 3.63) is 29.8 Å². The Bertz CT molecular complexity index is 404. The molecule has 86 valence electrons. The second kappa shape index (κ2) is 5.16. The minimum Gasteiger partial charge on any atom is -0.478 e. The lowest BCUT2D eigenvalue weighted by Crippen LogP contribution is -2.35. The summed E-state index contributed by atoms with van der Waals surface area (Å²) >= 11 is 0. The van der Waals surface area contributed by atoms with Crippen LogP contribution in [0.5, 0.6) is 0 Å². The van der Waals surface area contributed by atoms with Gasteiger partial charge >= 0.3 is 5.97 Å². The highest BCUT2D eigenvalue weighted by Gasteiger charge is 2.14. The first-order valence-electron chi connectivity index (χ1n) is 4.86. The van der Waals surface area contributed by atoms with Crippen LogP contribution in [0.2, 0.25) is 0 Å². The average molecular weight is 222 g/mol. The first-order chi connectivity index (χ1) is 7.56. The molecule has 5 nitrogen and oxygen atoms in total. The molecule has 1 rings (SSSR count). The van der Waals surface area contributed by atoms with E-state index >= 15 is 0 Å². The molecular weight excluding hydrogens is 208 g/mol. The van der Waals surface area contributed by atoms with Crippen molar-refractivity contribution in [2.45, 2.75) is 13.0 Å². The summed E-state index contributed by atoms with van der Waals surface area (Å²) in [5.74, 6) is -1.22. The average Bonchev–Trinajstić information content (AvgIpc) is 2.28. The van der Waals surface area contributed by atoms with Gasteiger partial charge in [0.2, 0.25) is 5.91 Å². The highest BCUT2D eigenvalue weighted by molar-refractivity contribution is 5.95. The molecule has 0 aliphatic rings. The molecule has 0 spiro atoms. The van der Waals surface area contributed by atoms with Crippen molar-refractivity contribution in [3.63, 3.8) is 0 Å². The van der Waals surface area contributed by atoms with Crippen LogP contribution in [0.3, 0.4) is 0 Å². The highest BCUT2D eigenvalue weighted by atomic mass is 16.4. The maximum absolute atomic E-state index is 11.3. The molecule has 0 radical (unpaired) electrons. The zero-order valence-electron chi connectivity index (χ0n) is 9.15. The van der Waals surface area contributed by atoms with E-state index in [9.17, 15) is 9.59 Å². The third-order valence-corrected chi connectivity index (χ3v) is 2.17. The largest absolute Gasteiger partial charge is 0.478 e. The van der Waals surface area contributed by atoms with E-state index in [-0.39, 0.29) is 11.5 Å². The number of hydrogen-bond acceptors (Lipinski definition) is 3. The number of carboxylic acids is 1. The number of carbonyl (C=O) groups excluding carboxylic acids is 1. The second-order valence-corrected chi connectivity index (χ2v) is 3.33. The van der Waals surface area contributed by atoms with Crippen LogP contribution in [0.15, 0.2) is 24.3 Å². The molecule has 0 aromatic heterocycles. The van der Waals surface area contributed by atoms with E-state index in [4.69, 9.17) is 5.11 Å². The quantitative estimate of drug-likeness (QED) is 0.708. The van der Waals surface area contributed by atoms with Crippen molar-refractivity contribution in [2.24, 2.45) is 0 Å². The Morgan fingerprint density at radius 3 is 2.50 bits per heavy atom. The van der Waals surface area contributed by atoms with Gasteiger partial charge in [0.15, 0.2) is 0 Å². The van der Waals surface area contributed by atoms with Crippen LogP contribution >= 0.6 is 0 Å². The minimum absolute atomic E-state index is 0.151. The molecule has 3 N–H and O–H groups in total. The molecule has 1 amide bonds. The van der Waals surface area contributed by atoms with Crippen molar-refractivity contribution < 1.29 is 14.7 Å². The molecule has 1 aromatic carbocycles. The van der Waals surface area contributed by atoms with E-state index in [1.165, 1.54) is 13.1 Å². The Morgan fingerprint density at radius 1 is 1.31 bits per heavy atom. The molecular formula is C11H14N2O3. The van der Waals surface area contributed by atoms with Crippen molar-refractivity contribution in [3.8, 4) is 0 Å². The third kappa shape index (κ3) is 2.73. The monoisotopic (exact) mass is 222 g/mol. The predicted molar refractivity (Wildman–Crippen MR) is 60.6 cm³/mol. The lowest BCUT2D eigenvalue weighted by molar-refractivity contribution is -0.121. The van der Waals surface area contributed by atoms with Gasteiger partial charge < -0.3 is 15.7 Å². The van der Waals surface area contributed by atoms with Crippen molar-refractivity contribution in [2.75, 3.05) is 12.4 Å². The SMILES string of the molecule is CNC(=O)C(C)Nc1ccccc1C(=O)O. The van der Waals surface area contributed by atoms with Crippen LogP contribution in [-0.2, 0) is 4.79 Å². The van der Waals surface area contributed by atoms with Crippen LogP contribution in [0.1, 0.15) is 17.3 Å². The Kier molecular flexibility index (Phi) is 3.88. The number of anilines is 1. The number of hydrogen-bond donors (Lipinski definition) is 3. The van der Waals surface area contributed by atoms with Gasteiger partial charge in [-0.15, -0.1) is 0 Å². The number of nitrogens with one attached hydrogen (secondary N) is 2. The Labute approximate surface area is 93.5 Å². The summed E-state index contributed by atoms with van der Waals surface area (Å²) < 4.78 is 0. The molecule has 0 bridgehead atoms. The van der Waals surface area contributed by atoms with Crippen LogP contribution in [0.4, 0.5) is 5.69 Å². The summed E-state index contributed by atoms with van der Waals surface area (Å²) in [5.41, 5.74) is 0.587. The number of carbonyl (C=O) groups is 2. The van der Waals surface area contributed by atoms with Crippen molar-refractivity contribution >= 4 is 17.6 Å². The third-order valence-electron chi connectivity index (χ3n) is 2.17. The molecule has 0 aliphatic heterocycles. The maximum Gasteiger partial charge on any atom is 0.337 e. The van der Waals surface area contributed by atoms with Crippen LogP contribution < -0.4 is 10.6 Å². The molecule has 0 aliphatic carbocycles. The molecule has 0 saturated heterocycles. The Morgan fingerprint density at radius 2 is 1.94 bits per heavy atom. The zero-order chi connectivity index (χ0) is 12.1. The minimum atomic E-state index is -1.02. The fourth-order valence-corrected chi connectivity index (χ4v) is 1.31. The van der Waals surface area contributed by atoms with Gasteiger partial charge in [-0.1, -0.05) is 12.1 Å². The zero-order valence-corrected chi connectivity index (χ0v) is 9.15. The summed E-state index contributed by atoms with van der Waals surface area (Å²) in [6.45, 7) is 1.66. The maximum atomic E-state index is 11.3. The van der Waals surface area contributed by atoms with Gasteiger partial charge in [0.25, 0.3) is 0 Å². The predicted octanol–water partition coefficient (Wildman–Crippen LogP) is 0.931. The number of carboxylic acid groups (broad SMARTS) is 1. The normalized spacial score (nSPS) is 11.6. The molecule has 1 atom stereocenters. The van der Waals surface area contributed by atoms with Gasteiger partial charge in [-0.05, 0) is 19.1 Å². The Hall–Kier alpha value is -2.04. The van der Waals surface area contributed by atoms with E-state index in [0.29, 0.717) is 5.69 Å². The van der Waals surface area contributed by atoms with Gasteiger partial charge in [-0.25, -0.2) is 4.79 Å². The van der Waals surface area contributed by atoms with E-state index in [0.717, 1.165) is 0 Å². The van der Waals surface area contributed by atoms with Crippen LogP contribution in [0.25, 0.3) is 0 Å². The topological polar surface area (TPSA) is 78.4 Å². The number of benzene rings is 1. The highest BCUT2D eigenvalue weighted by Crippen LogP contribution is 2.15. The van der Waals surface area contributed by atoms with E-state index < -0.39 is 12.0 Å². The molecule has 0 saturated carbocycles. The van der Waals surface area contributed by atoms with E-state index in [1.807, 2.05) is 0 Å². The summed E-state index contributed by atoms with van der Waals surface area (Å²) in [4.78, 5) is 22.2. The van der Waals surface area contributed by atoms with E-state index in [2.05, 4.69) is 10.6 Å². The standard InChI is InChI=1S/C11H14N2O3/c1-7(10(14)12-2)13-9-6-4-3-5-8(9)11(15)16/h3-7,13H,1-2H3,(H,12,14)(H,15,16). The van der Waals surface area contributed by atoms with E-state index in [1.54, 1.807) is 25.1 Å². The molecule has 1 aromatic rings. The van der Waals surface area contributed by atoms with Gasteiger partial charge in [-0.3, -0.25) is 4.79 Å². The van der Waals surface area contributed by atoms with Gasteiger partial charge in [0.05, 0.1) is 5.56 Å². The lowest BCUT2D eigenvalue weighted by Gasteiger charge is -2.15. The van der Waals surface area contributed by atoms with Crippen molar-refractivity contribution in [1.82, 2.24) is 5.32 Å². The molecule has 0 heterocycles. The number of amides is 1. The van der Waals surface area contributed by atoms with Gasteiger partial charge in [0.1, 0.15) is 6.04 Å². The van der Waals surface area contributed by atoms with Crippen molar-refractivity contribution in [1.29, 1.82) is 0 Å². The molecule has 1 unspecified atom stereocenters.